The molecule has 1 unspecified atom stereocenters. The van der Waals surface area contributed by atoms with Crippen LogP contribution in [0, 0.1) is 0 Å². The summed E-state index contributed by atoms with van der Waals surface area (Å²) in [6.07, 6.45) is 5.74. The van der Waals surface area contributed by atoms with Crippen LogP contribution in [-0.4, -0.2) is 33.8 Å². The van der Waals surface area contributed by atoms with E-state index in [9.17, 15) is 4.55 Å². The molecule has 0 radical (unpaired) electrons. The van der Waals surface area contributed by atoms with Gasteiger partial charge in [0.1, 0.15) is 4.75 Å². The fraction of sp³-hybridized carbons (Fsp3) is 0.550. The summed E-state index contributed by atoms with van der Waals surface area (Å²) in [4.78, 5) is 4.27. The summed E-state index contributed by atoms with van der Waals surface area (Å²) >= 11 is 5.15. The van der Waals surface area contributed by atoms with Crippen LogP contribution >= 0.6 is 11.6 Å². The molecule has 7 heteroatoms. The Morgan fingerprint density at radius 1 is 1.33 bits per heavy atom. The molecule has 0 aliphatic carbocycles. The molecule has 27 heavy (non-hydrogen) atoms. The van der Waals surface area contributed by atoms with Crippen LogP contribution in [0.2, 0.25) is 5.02 Å². The summed E-state index contributed by atoms with van der Waals surface area (Å²) in [7, 11) is 0. The number of aromatic nitrogens is 1. The Morgan fingerprint density at radius 2 is 2.07 bits per heavy atom. The lowest BCUT2D eigenvalue weighted by atomic mass is 9.97. The van der Waals surface area contributed by atoms with Crippen molar-refractivity contribution in [1.29, 1.82) is 0 Å². The number of nitrogens with one attached hydrogen (secondary N) is 1. The summed E-state index contributed by atoms with van der Waals surface area (Å²) in [6.45, 7) is 7.32. The number of benzene rings is 1. The smallest absolute Gasteiger partial charge is 0.157 e. The van der Waals surface area contributed by atoms with Crippen LogP contribution in [0.1, 0.15) is 51.6 Å². The zero-order chi connectivity index (χ0) is 19.4. The molecular weight excluding hydrogens is 384 g/mol. The highest BCUT2D eigenvalue weighted by atomic mass is 35.5. The van der Waals surface area contributed by atoms with Gasteiger partial charge in [0.05, 0.1) is 19.3 Å². The van der Waals surface area contributed by atoms with E-state index in [1.165, 1.54) is 0 Å². The van der Waals surface area contributed by atoms with Crippen LogP contribution in [0.5, 0.6) is 0 Å². The third kappa shape index (κ3) is 5.56. The molecule has 5 nitrogen and oxygen atoms in total. The second-order valence-corrected chi connectivity index (χ2v) is 10.2. The first kappa shape index (κ1) is 20.8. The quantitative estimate of drug-likeness (QED) is 0.709. The lowest BCUT2D eigenvalue weighted by Crippen LogP contribution is -2.41. The molecular formula is C20H27ClN2O3S. The molecule has 0 spiro atoms. The molecule has 0 bridgehead atoms. The van der Waals surface area contributed by atoms with Crippen molar-refractivity contribution < 1.29 is 14.0 Å². The Kier molecular flexibility index (Phi) is 7.00. The molecule has 3 rings (SSSR count). The van der Waals surface area contributed by atoms with Gasteiger partial charge in [-0.2, -0.15) is 0 Å². The number of hydrogen-bond donors (Lipinski definition) is 1. The van der Waals surface area contributed by atoms with E-state index in [2.05, 4.69) is 9.71 Å². The molecule has 2 aromatic rings. The van der Waals surface area contributed by atoms with Crippen molar-refractivity contribution in [2.24, 2.45) is 0 Å². The van der Waals surface area contributed by atoms with E-state index in [1.54, 1.807) is 6.20 Å². The minimum Gasteiger partial charge on any atom is -0.598 e. The molecule has 1 aromatic heterocycles. The van der Waals surface area contributed by atoms with Crippen LogP contribution < -0.4 is 4.72 Å². The highest BCUT2D eigenvalue weighted by molar-refractivity contribution is 7.90. The maximum Gasteiger partial charge on any atom is 0.157 e. The van der Waals surface area contributed by atoms with Crippen molar-refractivity contribution in [1.82, 2.24) is 9.71 Å². The van der Waals surface area contributed by atoms with Crippen molar-refractivity contribution >= 4 is 33.7 Å². The van der Waals surface area contributed by atoms with Gasteiger partial charge in [-0.15, -0.1) is 4.72 Å². The monoisotopic (exact) mass is 410 g/mol. The standard InChI is InChI=1S/C20H27ClN2O3S/c1-20(2,3)27(24)23-18(5-6-19-25-9-4-10-26-19)16-12-15(21)11-14-7-8-22-13-17(14)16/h7-8,11-13,18-19,23H,4-6,9-10H2,1-3H3/t18-,27?/m0/s1. The lowest BCUT2D eigenvalue weighted by molar-refractivity contribution is -0.182. The average molecular weight is 411 g/mol. The first-order valence-corrected chi connectivity index (χ1v) is 10.8. The van der Waals surface area contributed by atoms with E-state index in [4.69, 9.17) is 21.1 Å². The van der Waals surface area contributed by atoms with Gasteiger partial charge in [0.2, 0.25) is 0 Å². The fourth-order valence-electron chi connectivity index (χ4n) is 3.07. The second kappa shape index (κ2) is 9.07. The topological polar surface area (TPSA) is 66.4 Å². The number of rotatable bonds is 6. The van der Waals surface area contributed by atoms with Crippen molar-refractivity contribution in [2.45, 2.75) is 57.1 Å². The van der Waals surface area contributed by atoms with E-state index < -0.39 is 11.4 Å². The number of hydrogen-bond acceptors (Lipinski definition) is 5. The highest BCUT2D eigenvalue weighted by Gasteiger charge is 2.31. The van der Waals surface area contributed by atoms with Gasteiger partial charge in [-0.3, -0.25) is 4.98 Å². The van der Waals surface area contributed by atoms with E-state index in [-0.39, 0.29) is 17.1 Å². The van der Waals surface area contributed by atoms with Gasteiger partial charge in [0.15, 0.2) is 6.29 Å². The van der Waals surface area contributed by atoms with E-state index in [0.717, 1.165) is 42.4 Å². The Morgan fingerprint density at radius 3 is 2.78 bits per heavy atom. The van der Waals surface area contributed by atoms with Gasteiger partial charge >= 0.3 is 0 Å². The van der Waals surface area contributed by atoms with Crippen LogP contribution in [0.4, 0.5) is 0 Å². The third-order valence-corrected chi connectivity index (χ3v) is 6.35. The van der Waals surface area contributed by atoms with Gasteiger partial charge in [0.25, 0.3) is 0 Å². The summed E-state index contributed by atoms with van der Waals surface area (Å²) < 4.78 is 27.1. The largest absolute Gasteiger partial charge is 0.598 e. The first-order valence-electron chi connectivity index (χ1n) is 9.29. The number of nitrogens with zero attached hydrogens (tertiary/aromatic N) is 1. The van der Waals surface area contributed by atoms with E-state index in [1.807, 2.05) is 45.2 Å². The van der Waals surface area contributed by atoms with Crippen LogP contribution in [0.3, 0.4) is 0 Å². The molecule has 1 N–H and O–H groups in total. The maximum absolute atomic E-state index is 12.8. The molecule has 2 heterocycles. The van der Waals surface area contributed by atoms with Gasteiger partial charge in [0, 0.05) is 40.6 Å². The normalized spacial score (nSPS) is 18.6. The number of fused-ring (bicyclic) bond motifs is 1. The summed E-state index contributed by atoms with van der Waals surface area (Å²) in [5.74, 6) is 0. The fourth-order valence-corrected chi connectivity index (χ4v) is 4.16. The average Bonchev–Trinajstić information content (AvgIpc) is 2.64. The summed E-state index contributed by atoms with van der Waals surface area (Å²) in [5, 5.41) is 2.68. The van der Waals surface area contributed by atoms with Crippen molar-refractivity contribution in [3.05, 3.63) is 41.2 Å². The lowest BCUT2D eigenvalue weighted by Gasteiger charge is -2.30. The van der Waals surface area contributed by atoms with Crippen molar-refractivity contribution in [3.63, 3.8) is 0 Å². The molecule has 0 saturated carbocycles. The predicted molar refractivity (Wildman–Crippen MR) is 110 cm³/mol. The number of pyridine rings is 1. The maximum atomic E-state index is 12.8. The van der Waals surface area contributed by atoms with E-state index in [0.29, 0.717) is 11.4 Å². The van der Waals surface area contributed by atoms with Crippen LogP contribution in [0.25, 0.3) is 10.8 Å². The zero-order valence-corrected chi connectivity index (χ0v) is 17.6. The molecule has 1 fully saturated rings. The minimum absolute atomic E-state index is 0.149. The molecule has 148 valence electrons. The van der Waals surface area contributed by atoms with Gasteiger partial charge in [-0.1, -0.05) is 11.6 Å². The number of ether oxygens (including phenoxy) is 2. The Labute approximate surface area is 169 Å². The van der Waals surface area contributed by atoms with Gasteiger partial charge in [-0.05, 0) is 62.8 Å². The van der Waals surface area contributed by atoms with Gasteiger partial charge < -0.3 is 14.0 Å². The van der Waals surface area contributed by atoms with Crippen molar-refractivity contribution in [2.75, 3.05) is 13.2 Å². The third-order valence-electron chi connectivity index (χ3n) is 4.52. The van der Waals surface area contributed by atoms with Crippen molar-refractivity contribution in [3.8, 4) is 0 Å². The highest BCUT2D eigenvalue weighted by Crippen LogP contribution is 2.32. The summed E-state index contributed by atoms with van der Waals surface area (Å²) in [5.41, 5.74) is 0.999. The molecule has 1 aliphatic rings. The molecule has 1 aromatic carbocycles. The van der Waals surface area contributed by atoms with Crippen LogP contribution in [0.15, 0.2) is 30.6 Å². The molecule has 2 atom stereocenters. The minimum atomic E-state index is -1.22. The number of halogens is 1. The molecule has 1 saturated heterocycles. The Balaban J connectivity index is 1.88. The van der Waals surface area contributed by atoms with Gasteiger partial charge in [-0.25, -0.2) is 0 Å². The predicted octanol–water partition coefficient (Wildman–Crippen LogP) is 4.52. The first-order chi connectivity index (χ1) is 12.8. The molecule has 1 aliphatic heterocycles. The summed E-state index contributed by atoms with van der Waals surface area (Å²) in [6, 6.07) is 5.65. The zero-order valence-electron chi connectivity index (χ0n) is 16.0. The second-order valence-electron chi connectivity index (χ2n) is 7.75. The Bertz CT molecular complexity index is 762. The van der Waals surface area contributed by atoms with E-state index >= 15 is 0 Å². The SMILES string of the molecule is CC(C)(C)[S+]([O-])N[C@@H](CCC1OCCCO1)c1cc(Cl)cc2ccncc12. The Hall–Kier alpha value is -0.890. The van der Waals surface area contributed by atoms with Crippen LogP contribution in [-0.2, 0) is 20.8 Å². The molecule has 0 amide bonds.